The van der Waals surface area contributed by atoms with Crippen LogP contribution in [0.25, 0.3) is 0 Å². The molecule has 1 atom stereocenters. The number of hydrogen-bond donors (Lipinski definition) is 2. The minimum Gasteiger partial charge on any atom is -0.369 e. The second-order valence-electron chi connectivity index (χ2n) is 5.77. The van der Waals surface area contributed by atoms with Crippen LogP contribution in [0.1, 0.15) is 53.7 Å². The Morgan fingerprint density at radius 3 is 2.71 bits per heavy atom. The number of fused-ring (bicyclic) bond motifs is 1. The molecule has 110 valence electrons. The SMILES string of the molecule is CC(C)c1ccc(C2CCNc3c(C(N)=O)cnn32)cc1. The fourth-order valence-electron chi connectivity index (χ4n) is 2.82. The molecule has 3 N–H and O–H groups in total. The molecule has 1 unspecified atom stereocenters. The normalized spacial score (nSPS) is 17.4. The maximum absolute atomic E-state index is 11.4. The molecule has 0 fully saturated rings. The van der Waals surface area contributed by atoms with Gasteiger partial charge in [0.05, 0.1) is 12.2 Å². The summed E-state index contributed by atoms with van der Waals surface area (Å²) in [6.45, 7) is 5.18. The highest BCUT2D eigenvalue weighted by atomic mass is 16.1. The predicted octanol–water partition coefficient (Wildman–Crippen LogP) is 2.51. The van der Waals surface area contributed by atoms with Gasteiger partial charge in [-0.25, -0.2) is 4.68 Å². The monoisotopic (exact) mass is 284 g/mol. The van der Waals surface area contributed by atoms with Crippen molar-refractivity contribution in [3.8, 4) is 0 Å². The molecule has 0 bridgehead atoms. The molecule has 1 aliphatic rings. The predicted molar refractivity (Wildman–Crippen MR) is 82.5 cm³/mol. The lowest BCUT2D eigenvalue weighted by atomic mass is 9.97. The van der Waals surface area contributed by atoms with Crippen molar-refractivity contribution >= 4 is 11.7 Å². The summed E-state index contributed by atoms with van der Waals surface area (Å²) in [5, 5.41) is 7.57. The quantitative estimate of drug-likeness (QED) is 0.909. The first-order chi connectivity index (χ1) is 10.1. The zero-order valence-electron chi connectivity index (χ0n) is 12.3. The summed E-state index contributed by atoms with van der Waals surface area (Å²) in [6.07, 6.45) is 2.49. The molecular formula is C16H20N4O. The zero-order chi connectivity index (χ0) is 15.0. The van der Waals surface area contributed by atoms with Gasteiger partial charge in [-0.2, -0.15) is 5.10 Å². The van der Waals surface area contributed by atoms with E-state index in [0.717, 1.165) is 18.8 Å². The summed E-state index contributed by atoms with van der Waals surface area (Å²) in [5.74, 6) is 0.806. The van der Waals surface area contributed by atoms with Gasteiger partial charge < -0.3 is 11.1 Å². The van der Waals surface area contributed by atoms with E-state index in [0.29, 0.717) is 11.5 Å². The number of nitrogens with zero attached hydrogens (tertiary/aromatic N) is 2. The van der Waals surface area contributed by atoms with Crippen LogP contribution in [0.5, 0.6) is 0 Å². The fraction of sp³-hybridized carbons (Fsp3) is 0.375. The Bertz CT molecular complexity index is 657. The van der Waals surface area contributed by atoms with E-state index in [4.69, 9.17) is 5.73 Å². The van der Waals surface area contributed by atoms with E-state index in [1.165, 1.54) is 11.1 Å². The fourth-order valence-corrected chi connectivity index (χ4v) is 2.82. The first-order valence-electron chi connectivity index (χ1n) is 7.29. The average molecular weight is 284 g/mol. The Labute approximate surface area is 124 Å². The van der Waals surface area contributed by atoms with Crippen LogP contribution in [0.4, 0.5) is 5.82 Å². The number of benzene rings is 1. The number of amides is 1. The van der Waals surface area contributed by atoms with Gasteiger partial charge in [0.2, 0.25) is 0 Å². The highest BCUT2D eigenvalue weighted by Crippen LogP contribution is 2.31. The molecule has 1 aromatic carbocycles. The van der Waals surface area contributed by atoms with Crippen LogP contribution in [-0.2, 0) is 0 Å². The van der Waals surface area contributed by atoms with Crippen LogP contribution >= 0.6 is 0 Å². The molecular weight excluding hydrogens is 264 g/mol. The summed E-state index contributed by atoms with van der Waals surface area (Å²) >= 11 is 0. The van der Waals surface area contributed by atoms with Crippen LogP contribution in [0.2, 0.25) is 0 Å². The molecule has 0 saturated heterocycles. The molecule has 0 spiro atoms. The van der Waals surface area contributed by atoms with E-state index >= 15 is 0 Å². The van der Waals surface area contributed by atoms with Gasteiger partial charge in [-0.15, -0.1) is 0 Å². The topological polar surface area (TPSA) is 72.9 Å². The van der Waals surface area contributed by atoms with Crippen molar-refractivity contribution in [2.24, 2.45) is 5.73 Å². The van der Waals surface area contributed by atoms with Crippen LogP contribution < -0.4 is 11.1 Å². The highest BCUT2D eigenvalue weighted by molar-refractivity contribution is 5.97. The molecule has 1 aliphatic heterocycles. The molecule has 2 aromatic rings. The smallest absolute Gasteiger partial charge is 0.254 e. The second-order valence-corrected chi connectivity index (χ2v) is 5.77. The first kappa shape index (κ1) is 13.7. The highest BCUT2D eigenvalue weighted by Gasteiger charge is 2.26. The Morgan fingerprint density at radius 1 is 1.38 bits per heavy atom. The van der Waals surface area contributed by atoms with Gasteiger partial charge >= 0.3 is 0 Å². The number of nitrogens with two attached hydrogens (primary N) is 1. The van der Waals surface area contributed by atoms with Gasteiger partial charge in [0.1, 0.15) is 11.4 Å². The molecule has 5 heteroatoms. The Balaban J connectivity index is 1.96. The number of hydrogen-bond acceptors (Lipinski definition) is 3. The lowest BCUT2D eigenvalue weighted by Gasteiger charge is -2.26. The van der Waals surface area contributed by atoms with Gasteiger partial charge in [-0.3, -0.25) is 4.79 Å². The lowest BCUT2D eigenvalue weighted by Crippen LogP contribution is -2.26. The molecule has 1 aromatic heterocycles. The van der Waals surface area contributed by atoms with E-state index < -0.39 is 5.91 Å². The summed E-state index contributed by atoms with van der Waals surface area (Å²) in [4.78, 5) is 11.4. The molecule has 21 heavy (non-hydrogen) atoms. The summed E-state index contributed by atoms with van der Waals surface area (Å²) in [5.41, 5.74) is 8.38. The molecule has 0 radical (unpaired) electrons. The van der Waals surface area contributed by atoms with E-state index in [9.17, 15) is 4.79 Å². The molecule has 3 rings (SSSR count). The van der Waals surface area contributed by atoms with Crippen LogP contribution in [0.15, 0.2) is 30.5 Å². The minimum absolute atomic E-state index is 0.149. The van der Waals surface area contributed by atoms with Crippen molar-refractivity contribution in [1.29, 1.82) is 0 Å². The van der Waals surface area contributed by atoms with Crippen molar-refractivity contribution in [3.05, 3.63) is 47.2 Å². The van der Waals surface area contributed by atoms with Crippen molar-refractivity contribution in [1.82, 2.24) is 9.78 Å². The third kappa shape index (κ3) is 2.39. The summed E-state index contributed by atoms with van der Waals surface area (Å²) in [7, 11) is 0. The Morgan fingerprint density at radius 2 is 2.10 bits per heavy atom. The van der Waals surface area contributed by atoms with E-state index in [-0.39, 0.29) is 6.04 Å². The molecule has 2 heterocycles. The van der Waals surface area contributed by atoms with Gasteiger partial charge in [0.15, 0.2) is 0 Å². The van der Waals surface area contributed by atoms with Crippen LogP contribution in [-0.4, -0.2) is 22.2 Å². The number of carbonyl (C=O) groups excluding carboxylic acids is 1. The maximum atomic E-state index is 11.4. The van der Waals surface area contributed by atoms with Crippen molar-refractivity contribution in [3.63, 3.8) is 0 Å². The van der Waals surface area contributed by atoms with Gasteiger partial charge in [-0.1, -0.05) is 38.1 Å². The largest absolute Gasteiger partial charge is 0.369 e. The standard InChI is InChI=1S/C16H20N4O/c1-10(2)11-3-5-12(6-4-11)14-7-8-18-16-13(15(17)21)9-19-20(14)16/h3-6,9-10,14,18H,7-8H2,1-2H3,(H2,17,21). The second kappa shape index (κ2) is 5.24. The number of nitrogens with one attached hydrogen (secondary N) is 1. The molecule has 0 aliphatic carbocycles. The number of rotatable bonds is 3. The number of primary amides is 1. The van der Waals surface area contributed by atoms with Crippen molar-refractivity contribution in [2.75, 3.05) is 11.9 Å². The van der Waals surface area contributed by atoms with Crippen LogP contribution in [0.3, 0.4) is 0 Å². The van der Waals surface area contributed by atoms with Gasteiger partial charge in [0, 0.05) is 6.54 Å². The van der Waals surface area contributed by atoms with Crippen LogP contribution in [0, 0.1) is 0 Å². The molecule has 5 nitrogen and oxygen atoms in total. The lowest BCUT2D eigenvalue weighted by molar-refractivity contribution is 0.100. The number of aromatic nitrogens is 2. The third-order valence-electron chi connectivity index (χ3n) is 4.05. The first-order valence-corrected chi connectivity index (χ1v) is 7.29. The van der Waals surface area contributed by atoms with E-state index in [2.05, 4.69) is 48.5 Å². The van der Waals surface area contributed by atoms with E-state index in [1.54, 1.807) is 6.20 Å². The minimum atomic E-state index is -0.445. The maximum Gasteiger partial charge on any atom is 0.254 e. The number of carbonyl (C=O) groups is 1. The van der Waals surface area contributed by atoms with Crippen molar-refractivity contribution < 1.29 is 4.79 Å². The summed E-state index contributed by atoms with van der Waals surface area (Å²) < 4.78 is 1.87. The number of anilines is 1. The molecule has 1 amide bonds. The van der Waals surface area contributed by atoms with Gasteiger partial charge in [0.25, 0.3) is 5.91 Å². The third-order valence-corrected chi connectivity index (χ3v) is 4.05. The van der Waals surface area contributed by atoms with Crippen molar-refractivity contribution in [2.45, 2.75) is 32.2 Å². The van der Waals surface area contributed by atoms with E-state index in [1.807, 2.05) is 4.68 Å². The van der Waals surface area contributed by atoms with Gasteiger partial charge in [-0.05, 0) is 23.5 Å². The average Bonchev–Trinajstić information content (AvgIpc) is 2.91. The Kier molecular flexibility index (Phi) is 3.41. The summed E-state index contributed by atoms with van der Waals surface area (Å²) in [6, 6.07) is 8.79. The molecule has 0 saturated carbocycles. The zero-order valence-corrected chi connectivity index (χ0v) is 12.3. The Hall–Kier alpha value is -2.30.